The summed E-state index contributed by atoms with van der Waals surface area (Å²) >= 11 is 0. The maximum Gasteiger partial charge on any atom is 0.302 e. The topological polar surface area (TPSA) is 57.3 Å². The lowest BCUT2D eigenvalue weighted by atomic mass is 9.97. The molecule has 1 aromatic carbocycles. The van der Waals surface area contributed by atoms with Gasteiger partial charge in [0, 0.05) is 12.5 Å². The molecule has 1 fully saturated rings. The molecule has 0 spiro atoms. The molecular weight excluding hydrogens is 284 g/mol. The van der Waals surface area contributed by atoms with E-state index in [2.05, 4.69) is 0 Å². The molecule has 1 aliphatic rings. The van der Waals surface area contributed by atoms with Gasteiger partial charge in [0.25, 0.3) is 0 Å². The van der Waals surface area contributed by atoms with Crippen molar-refractivity contribution in [1.82, 2.24) is 0 Å². The number of aryl methyl sites for hydroxylation is 1. The van der Waals surface area contributed by atoms with Gasteiger partial charge in [-0.2, -0.15) is 0 Å². The van der Waals surface area contributed by atoms with Gasteiger partial charge in [0.1, 0.15) is 23.7 Å². The Morgan fingerprint density at radius 1 is 1.32 bits per heavy atom. The van der Waals surface area contributed by atoms with Gasteiger partial charge in [-0.25, -0.2) is 0 Å². The quantitative estimate of drug-likeness (QED) is 0.618. The van der Waals surface area contributed by atoms with Gasteiger partial charge >= 0.3 is 5.97 Å². The highest BCUT2D eigenvalue weighted by Crippen LogP contribution is 2.46. The number of methoxy groups -OCH3 is 1. The molecule has 1 saturated heterocycles. The Morgan fingerprint density at radius 2 is 1.95 bits per heavy atom. The SMILES string of the molecule is COc1cc(C2(COC(C)=O)CO2)c(OC(C)(C)C)cc1C. The zero-order valence-corrected chi connectivity index (χ0v) is 14.1. The minimum atomic E-state index is -0.632. The third-order valence-corrected chi connectivity index (χ3v) is 3.41. The van der Waals surface area contributed by atoms with Gasteiger partial charge in [0.2, 0.25) is 0 Å². The molecule has 5 heteroatoms. The lowest BCUT2D eigenvalue weighted by molar-refractivity contribution is -0.142. The van der Waals surface area contributed by atoms with Gasteiger partial charge in [-0.15, -0.1) is 0 Å². The average molecular weight is 308 g/mol. The van der Waals surface area contributed by atoms with Crippen LogP contribution in [0.1, 0.15) is 38.8 Å². The van der Waals surface area contributed by atoms with Crippen LogP contribution in [0.3, 0.4) is 0 Å². The lowest BCUT2D eigenvalue weighted by Crippen LogP contribution is -2.26. The van der Waals surface area contributed by atoms with Crippen LogP contribution in [0.15, 0.2) is 12.1 Å². The van der Waals surface area contributed by atoms with Crippen LogP contribution in [-0.4, -0.2) is 31.9 Å². The first-order valence-electron chi connectivity index (χ1n) is 7.32. The molecular formula is C17H24O5. The van der Waals surface area contributed by atoms with Gasteiger partial charge in [-0.1, -0.05) is 0 Å². The maximum absolute atomic E-state index is 11.1. The van der Waals surface area contributed by atoms with E-state index in [1.165, 1.54) is 6.92 Å². The van der Waals surface area contributed by atoms with Crippen molar-refractivity contribution in [3.63, 3.8) is 0 Å². The monoisotopic (exact) mass is 308 g/mol. The second-order valence-electron chi connectivity index (χ2n) is 6.60. The molecule has 1 aromatic rings. The predicted molar refractivity (Wildman–Crippen MR) is 82.4 cm³/mol. The molecule has 122 valence electrons. The summed E-state index contributed by atoms with van der Waals surface area (Å²) < 4.78 is 22.2. The second-order valence-corrected chi connectivity index (χ2v) is 6.60. The van der Waals surface area contributed by atoms with E-state index >= 15 is 0 Å². The lowest BCUT2D eigenvalue weighted by Gasteiger charge is -2.26. The minimum Gasteiger partial charge on any atom is -0.496 e. The first-order valence-corrected chi connectivity index (χ1v) is 7.32. The van der Waals surface area contributed by atoms with E-state index in [0.717, 1.165) is 22.6 Å². The highest BCUT2D eigenvalue weighted by atomic mass is 16.6. The van der Waals surface area contributed by atoms with Crippen LogP contribution in [-0.2, 0) is 19.9 Å². The number of epoxide rings is 1. The molecule has 0 bridgehead atoms. The van der Waals surface area contributed by atoms with E-state index in [9.17, 15) is 4.79 Å². The fourth-order valence-electron chi connectivity index (χ4n) is 2.27. The van der Waals surface area contributed by atoms with Crippen LogP contribution in [0.5, 0.6) is 11.5 Å². The number of hydrogen-bond donors (Lipinski definition) is 0. The number of esters is 1. The van der Waals surface area contributed by atoms with Crippen LogP contribution in [0.2, 0.25) is 0 Å². The summed E-state index contributed by atoms with van der Waals surface area (Å²) in [6.45, 7) is 9.99. The predicted octanol–water partition coefficient (Wildman–Crippen LogP) is 2.97. The summed E-state index contributed by atoms with van der Waals surface area (Å²) in [6, 6.07) is 3.85. The number of carbonyl (C=O) groups excluding carboxylic acids is 1. The van der Waals surface area contributed by atoms with E-state index in [1.807, 2.05) is 39.8 Å². The van der Waals surface area contributed by atoms with Crippen molar-refractivity contribution in [2.24, 2.45) is 0 Å². The van der Waals surface area contributed by atoms with Crippen LogP contribution < -0.4 is 9.47 Å². The van der Waals surface area contributed by atoms with E-state index in [0.29, 0.717) is 6.61 Å². The number of hydrogen-bond acceptors (Lipinski definition) is 5. The van der Waals surface area contributed by atoms with E-state index in [-0.39, 0.29) is 18.2 Å². The smallest absolute Gasteiger partial charge is 0.302 e. The summed E-state index contributed by atoms with van der Waals surface area (Å²) in [7, 11) is 1.63. The Morgan fingerprint density at radius 3 is 2.41 bits per heavy atom. The van der Waals surface area contributed by atoms with Crippen molar-refractivity contribution in [2.75, 3.05) is 20.3 Å². The van der Waals surface area contributed by atoms with Crippen LogP contribution in [0, 0.1) is 6.92 Å². The van der Waals surface area contributed by atoms with Crippen LogP contribution in [0.25, 0.3) is 0 Å². The Labute approximate surface area is 131 Å². The summed E-state index contributed by atoms with van der Waals surface area (Å²) in [6.07, 6.45) is 0. The summed E-state index contributed by atoms with van der Waals surface area (Å²) in [5.41, 5.74) is 0.862. The third kappa shape index (κ3) is 3.71. The zero-order chi connectivity index (χ0) is 16.5. The number of rotatable bonds is 5. The second kappa shape index (κ2) is 5.80. The molecule has 22 heavy (non-hydrogen) atoms. The first-order chi connectivity index (χ1) is 10.2. The Hall–Kier alpha value is -1.75. The van der Waals surface area contributed by atoms with Crippen molar-refractivity contribution in [3.05, 3.63) is 23.3 Å². The molecule has 2 rings (SSSR count). The fraction of sp³-hybridized carbons (Fsp3) is 0.588. The molecule has 1 heterocycles. The number of carbonyl (C=O) groups is 1. The van der Waals surface area contributed by atoms with Gasteiger partial charge in [-0.3, -0.25) is 4.79 Å². The summed E-state index contributed by atoms with van der Waals surface area (Å²) in [5, 5.41) is 0. The number of ether oxygens (including phenoxy) is 4. The van der Waals surface area contributed by atoms with Crippen LogP contribution >= 0.6 is 0 Å². The molecule has 0 amide bonds. The molecule has 0 radical (unpaired) electrons. The standard InChI is InChI=1S/C17H24O5/c1-11-7-15(22-16(3,4)5)13(8-14(11)19-6)17(10-21-17)9-20-12(2)18/h7-8H,9-10H2,1-6H3. The van der Waals surface area contributed by atoms with Gasteiger partial charge in [-0.05, 0) is 45.4 Å². The largest absolute Gasteiger partial charge is 0.496 e. The van der Waals surface area contributed by atoms with Crippen molar-refractivity contribution in [3.8, 4) is 11.5 Å². The highest BCUT2D eigenvalue weighted by Gasteiger charge is 2.50. The van der Waals surface area contributed by atoms with Crippen molar-refractivity contribution in [1.29, 1.82) is 0 Å². The van der Waals surface area contributed by atoms with Crippen molar-refractivity contribution >= 4 is 5.97 Å². The highest BCUT2D eigenvalue weighted by molar-refractivity contribution is 5.66. The van der Waals surface area contributed by atoms with Gasteiger partial charge in [0.15, 0.2) is 5.60 Å². The van der Waals surface area contributed by atoms with E-state index in [4.69, 9.17) is 18.9 Å². The molecule has 0 aliphatic carbocycles. The molecule has 1 aliphatic heterocycles. The third-order valence-electron chi connectivity index (χ3n) is 3.41. The Balaban J connectivity index is 2.41. The normalized spacial score (nSPS) is 20.5. The molecule has 1 unspecified atom stereocenters. The average Bonchev–Trinajstić information content (AvgIpc) is 3.16. The van der Waals surface area contributed by atoms with Gasteiger partial charge in [0.05, 0.1) is 13.7 Å². The number of benzene rings is 1. The molecule has 0 saturated carbocycles. The molecule has 5 nitrogen and oxygen atoms in total. The summed E-state index contributed by atoms with van der Waals surface area (Å²) in [5.74, 6) is 1.16. The van der Waals surface area contributed by atoms with E-state index < -0.39 is 5.60 Å². The Kier molecular flexibility index (Phi) is 4.38. The van der Waals surface area contributed by atoms with Crippen molar-refractivity contribution in [2.45, 2.75) is 45.8 Å². The van der Waals surface area contributed by atoms with E-state index in [1.54, 1.807) is 7.11 Å². The Bertz CT molecular complexity index is 567. The van der Waals surface area contributed by atoms with Crippen molar-refractivity contribution < 1.29 is 23.7 Å². The fourth-order valence-corrected chi connectivity index (χ4v) is 2.27. The molecule has 0 N–H and O–H groups in total. The molecule has 1 atom stereocenters. The maximum atomic E-state index is 11.1. The molecule has 0 aromatic heterocycles. The minimum absolute atomic E-state index is 0.176. The first kappa shape index (κ1) is 16.6. The van der Waals surface area contributed by atoms with Crippen LogP contribution in [0.4, 0.5) is 0 Å². The summed E-state index contributed by atoms with van der Waals surface area (Å²) in [4.78, 5) is 11.1. The van der Waals surface area contributed by atoms with Gasteiger partial charge < -0.3 is 18.9 Å². The zero-order valence-electron chi connectivity index (χ0n) is 14.1.